The van der Waals surface area contributed by atoms with E-state index in [4.69, 9.17) is 0 Å². The van der Waals surface area contributed by atoms with Gasteiger partial charge in [-0.25, -0.2) is 0 Å². The van der Waals surface area contributed by atoms with Crippen LogP contribution in [0.5, 0.6) is 0 Å². The Hall–Kier alpha value is 0.210. The Morgan fingerprint density at radius 2 is 1.27 bits per heavy atom. The molecule has 0 aliphatic carbocycles. The summed E-state index contributed by atoms with van der Waals surface area (Å²) in [6.07, 6.45) is -0.823. The molecular weight excluding hydrogens is 445 g/mol. The summed E-state index contributed by atoms with van der Waals surface area (Å²) in [6.45, 7) is 7.08. The van der Waals surface area contributed by atoms with E-state index in [9.17, 15) is 33.8 Å². The van der Waals surface area contributed by atoms with E-state index in [2.05, 4.69) is 22.6 Å². The van der Waals surface area contributed by atoms with Crippen molar-refractivity contribution in [2.24, 2.45) is 0 Å². The zero-order valence-electron chi connectivity index (χ0n) is 12.5. The fourth-order valence-corrected chi connectivity index (χ4v) is 5.06. The van der Waals surface area contributed by atoms with E-state index < -0.39 is 26.7 Å². The normalized spacial score (nSPS) is 13.5. The van der Waals surface area contributed by atoms with Crippen molar-refractivity contribution < 1.29 is 33.8 Å². The predicted octanol–water partition coefficient (Wildman–Crippen LogP) is 2.07. The van der Waals surface area contributed by atoms with Crippen molar-refractivity contribution in [3.8, 4) is 0 Å². The second-order valence-corrected chi connectivity index (χ2v) is 10.4. The first-order valence-electron chi connectivity index (χ1n) is 6.23. The molecule has 0 saturated carbocycles. The maximum Gasteiger partial charge on any atom is 0.369 e. The van der Waals surface area contributed by atoms with Gasteiger partial charge in [0, 0.05) is 9.99 Å². The minimum absolute atomic E-state index is 0.335. The zero-order chi connectivity index (χ0) is 17.7. The number of aliphatic hydroxyl groups is 1. The van der Waals surface area contributed by atoms with Gasteiger partial charge in [-0.15, -0.1) is 0 Å². The van der Waals surface area contributed by atoms with Crippen molar-refractivity contribution in [2.45, 2.75) is 39.2 Å². The second kappa shape index (κ2) is 6.26. The Morgan fingerprint density at radius 3 is 1.64 bits per heavy atom. The van der Waals surface area contributed by atoms with Gasteiger partial charge in [-0.3, -0.25) is 9.13 Å². The van der Waals surface area contributed by atoms with Gasteiger partial charge in [0.2, 0.25) is 0 Å². The topological polar surface area (TPSA) is 135 Å². The highest BCUT2D eigenvalue weighted by Crippen LogP contribution is 2.68. The first-order valence-corrected chi connectivity index (χ1v) is 10.5. The molecule has 1 rings (SSSR count). The lowest BCUT2D eigenvalue weighted by Gasteiger charge is -2.31. The molecule has 0 aliphatic heterocycles. The number of hydrogen-bond donors (Lipinski definition) is 5. The van der Waals surface area contributed by atoms with Crippen molar-refractivity contribution in [1.82, 2.24) is 0 Å². The molecule has 10 heteroatoms. The van der Waals surface area contributed by atoms with E-state index in [-0.39, 0.29) is 0 Å². The van der Waals surface area contributed by atoms with Crippen LogP contribution in [0.3, 0.4) is 0 Å². The van der Waals surface area contributed by atoms with Crippen LogP contribution in [-0.2, 0) is 15.6 Å². The average Bonchev–Trinajstić information content (AvgIpc) is 2.36. The van der Waals surface area contributed by atoms with Crippen LogP contribution in [-0.4, -0.2) is 29.8 Å². The molecule has 0 aliphatic rings. The maximum atomic E-state index is 11.5. The number of benzene rings is 1. The third-order valence-electron chi connectivity index (χ3n) is 4.04. The van der Waals surface area contributed by atoms with Gasteiger partial charge in [-0.2, -0.15) is 0 Å². The van der Waals surface area contributed by atoms with E-state index in [0.29, 0.717) is 16.7 Å². The molecule has 0 unspecified atom stereocenters. The molecule has 0 radical (unpaired) electrons. The molecule has 22 heavy (non-hydrogen) atoms. The minimum Gasteiger partial charge on any atom is -0.367 e. The monoisotopic (exact) mass is 464 g/mol. The largest absolute Gasteiger partial charge is 0.369 e. The number of halogens is 1. The van der Waals surface area contributed by atoms with Crippen LogP contribution in [0.1, 0.15) is 27.8 Å². The Kier molecular flexibility index (Phi) is 5.76. The summed E-state index contributed by atoms with van der Waals surface area (Å²) in [7, 11) is -10.9. The van der Waals surface area contributed by atoms with Gasteiger partial charge in [0.15, 0.2) is 0 Å². The standard InChI is InChI=1S/C12H19IO7P2/c1-6-7(2)10(9(4)11(13)8(6)3)5-12(14,21(15,16)17)22(18,19)20/h14H,5H2,1-4H3,(H2,15,16,17)(H2,18,19,20). The predicted molar refractivity (Wildman–Crippen MR) is 90.8 cm³/mol. The van der Waals surface area contributed by atoms with Gasteiger partial charge >= 0.3 is 15.2 Å². The summed E-state index contributed by atoms with van der Waals surface area (Å²) in [5.41, 5.74) is 3.46. The molecule has 0 spiro atoms. The zero-order valence-corrected chi connectivity index (χ0v) is 16.5. The minimum atomic E-state index is -5.47. The lowest BCUT2D eigenvalue weighted by molar-refractivity contribution is 0.130. The van der Waals surface area contributed by atoms with E-state index in [0.717, 1.165) is 14.7 Å². The van der Waals surface area contributed by atoms with E-state index in [1.807, 2.05) is 13.8 Å². The highest BCUT2D eigenvalue weighted by molar-refractivity contribution is 14.1. The van der Waals surface area contributed by atoms with Gasteiger partial charge in [0.05, 0.1) is 0 Å². The summed E-state index contributed by atoms with van der Waals surface area (Å²) in [6, 6.07) is 0. The third-order valence-corrected chi connectivity index (χ3v) is 9.40. The van der Waals surface area contributed by atoms with Gasteiger partial charge in [0.25, 0.3) is 5.08 Å². The fraction of sp³-hybridized carbons (Fsp3) is 0.500. The highest BCUT2D eigenvalue weighted by atomic mass is 127. The Labute approximate surface area is 142 Å². The molecule has 1 aromatic carbocycles. The van der Waals surface area contributed by atoms with Crippen molar-refractivity contribution in [2.75, 3.05) is 0 Å². The van der Waals surface area contributed by atoms with E-state index in [1.54, 1.807) is 13.8 Å². The van der Waals surface area contributed by atoms with Crippen LogP contribution in [0, 0.1) is 31.3 Å². The maximum absolute atomic E-state index is 11.5. The molecule has 0 fully saturated rings. The summed E-state index contributed by atoms with van der Waals surface area (Å²) in [4.78, 5) is 37.1. The van der Waals surface area contributed by atoms with Gasteiger partial charge in [-0.05, 0) is 78.1 Å². The van der Waals surface area contributed by atoms with Crippen molar-refractivity contribution in [1.29, 1.82) is 0 Å². The molecule has 0 bridgehead atoms. The summed E-state index contributed by atoms with van der Waals surface area (Å²) < 4.78 is 23.9. The quantitative estimate of drug-likeness (QED) is 0.340. The summed E-state index contributed by atoms with van der Waals surface area (Å²) >= 11 is 2.06. The molecule has 1 aromatic rings. The lowest BCUT2D eigenvalue weighted by atomic mass is 9.92. The van der Waals surface area contributed by atoms with Crippen LogP contribution in [0.4, 0.5) is 0 Å². The Bertz CT molecular complexity index is 653. The molecule has 126 valence electrons. The first-order chi connectivity index (χ1) is 9.65. The summed E-state index contributed by atoms with van der Waals surface area (Å²) in [5.74, 6) is 0. The number of hydrogen-bond acceptors (Lipinski definition) is 3. The molecule has 0 aromatic heterocycles. The molecule has 5 N–H and O–H groups in total. The molecule has 7 nitrogen and oxygen atoms in total. The van der Waals surface area contributed by atoms with Crippen molar-refractivity contribution >= 4 is 37.8 Å². The summed E-state index contributed by atoms with van der Waals surface area (Å²) in [5, 5.41) is 6.68. The van der Waals surface area contributed by atoms with Crippen LogP contribution in [0.25, 0.3) is 0 Å². The SMILES string of the molecule is Cc1c(C)c(I)c(C)c(CC(O)(P(=O)(O)O)P(=O)(O)O)c1C. The third kappa shape index (κ3) is 3.35. The molecular formula is C12H19IO7P2. The molecule has 0 atom stereocenters. The second-order valence-electron chi connectivity index (χ2n) is 5.33. The van der Waals surface area contributed by atoms with E-state index in [1.165, 1.54) is 0 Å². The Balaban J connectivity index is 3.66. The van der Waals surface area contributed by atoms with Gasteiger partial charge in [0.1, 0.15) is 0 Å². The van der Waals surface area contributed by atoms with Crippen LogP contribution < -0.4 is 0 Å². The molecule has 0 amide bonds. The smallest absolute Gasteiger partial charge is 0.367 e. The van der Waals surface area contributed by atoms with Crippen molar-refractivity contribution in [3.05, 3.63) is 31.4 Å². The average molecular weight is 464 g/mol. The fourth-order valence-electron chi connectivity index (χ4n) is 2.25. The molecule has 0 heterocycles. The van der Waals surface area contributed by atoms with Crippen LogP contribution >= 0.6 is 37.8 Å². The van der Waals surface area contributed by atoms with Crippen molar-refractivity contribution in [3.63, 3.8) is 0 Å². The number of rotatable bonds is 4. The van der Waals surface area contributed by atoms with Crippen LogP contribution in [0.15, 0.2) is 0 Å². The molecule has 0 saturated heterocycles. The Morgan fingerprint density at radius 1 is 0.864 bits per heavy atom. The van der Waals surface area contributed by atoms with Gasteiger partial charge < -0.3 is 24.7 Å². The van der Waals surface area contributed by atoms with Gasteiger partial charge in [-0.1, -0.05) is 0 Å². The highest BCUT2D eigenvalue weighted by Gasteiger charge is 2.59. The first kappa shape index (κ1) is 20.3. The lowest BCUT2D eigenvalue weighted by Crippen LogP contribution is -2.32. The van der Waals surface area contributed by atoms with Crippen LogP contribution in [0.2, 0.25) is 0 Å². The van der Waals surface area contributed by atoms with E-state index >= 15 is 0 Å².